The molecule has 0 aliphatic heterocycles. The Morgan fingerprint density at radius 2 is 1.05 bits per heavy atom. The average molecular weight is 497 g/mol. The van der Waals surface area contributed by atoms with Gasteiger partial charge in [0.1, 0.15) is 0 Å². The second kappa shape index (κ2) is 13.1. The third-order valence-electron chi connectivity index (χ3n) is 7.56. The number of allylic oxidation sites excluding steroid dienone is 2. The van der Waals surface area contributed by atoms with Gasteiger partial charge in [-0.1, -0.05) is 156 Å². The molecule has 192 valence electrons. The molecule has 0 amide bonds. The highest BCUT2D eigenvalue weighted by Gasteiger charge is 2.10. The minimum Gasteiger partial charge on any atom is -0.0991 e. The lowest BCUT2D eigenvalue weighted by molar-refractivity contribution is 0.607. The zero-order valence-corrected chi connectivity index (χ0v) is 22.9. The van der Waals surface area contributed by atoms with Crippen LogP contribution >= 0.6 is 0 Å². The highest BCUT2D eigenvalue weighted by atomic mass is 14.1. The van der Waals surface area contributed by atoms with Gasteiger partial charge in [0.25, 0.3) is 0 Å². The molecule has 0 bridgehead atoms. The van der Waals surface area contributed by atoms with E-state index < -0.39 is 0 Å². The minimum absolute atomic E-state index is 1.13. The lowest BCUT2D eigenvalue weighted by Crippen LogP contribution is -1.89. The lowest BCUT2D eigenvalue weighted by Gasteiger charge is -2.13. The van der Waals surface area contributed by atoms with Crippen LogP contribution in [0.4, 0.5) is 0 Å². The Morgan fingerprint density at radius 3 is 1.68 bits per heavy atom. The molecule has 0 nitrogen and oxygen atoms in total. The van der Waals surface area contributed by atoms with Gasteiger partial charge in [0.2, 0.25) is 0 Å². The molecule has 0 aliphatic rings. The van der Waals surface area contributed by atoms with Gasteiger partial charge in [-0.2, -0.15) is 0 Å². The molecule has 0 saturated heterocycles. The van der Waals surface area contributed by atoms with Gasteiger partial charge in [-0.15, -0.1) is 0 Å². The van der Waals surface area contributed by atoms with Crippen molar-refractivity contribution in [2.24, 2.45) is 0 Å². The molecule has 38 heavy (non-hydrogen) atoms. The van der Waals surface area contributed by atoms with Gasteiger partial charge in [0.05, 0.1) is 0 Å². The standard InChI is InChI=1S/C34H34.C4H6/c1-4-7-8-9-10-11-12-24-13-16-28-26(23-24)15-18-32-30(28)20-22-33-31-17-14-25(5-2)27(6-3)29(31)19-21-34(32)33;1-3-4-2/h5-6,13-23H,2-4,7-12H2,1H3;3-4H,1-2H2. The molecule has 0 heteroatoms. The van der Waals surface area contributed by atoms with Gasteiger partial charge >= 0.3 is 0 Å². The van der Waals surface area contributed by atoms with E-state index in [-0.39, 0.29) is 0 Å². The number of hydrogen-bond acceptors (Lipinski definition) is 0. The number of fused-ring (bicyclic) bond motifs is 7. The molecule has 5 aromatic rings. The van der Waals surface area contributed by atoms with Gasteiger partial charge in [0, 0.05) is 0 Å². The van der Waals surface area contributed by atoms with Crippen LogP contribution in [0.5, 0.6) is 0 Å². The second-order valence-electron chi connectivity index (χ2n) is 10.0. The summed E-state index contributed by atoms with van der Waals surface area (Å²) in [5.74, 6) is 0. The summed E-state index contributed by atoms with van der Waals surface area (Å²) in [6.07, 6.45) is 16.4. The predicted octanol–water partition coefficient (Wildman–Crippen LogP) is 11.8. The number of aryl methyl sites for hydroxylation is 1. The van der Waals surface area contributed by atoms with E-state index in [0.29, 0.717) is 0 Å². The Morgan fingerprint density at radius 1 is 0.526 bits per heavy atom. The van der Waals surface area contributed by atoms with Crippen molar-refractivity contribution >= 4 is 55.2 Å². The number of benzene rings is 5. The zero-order chi connectivity index (χ0) is 26.9. The second-order valence-corrected chi connectivity index (χ2v) is 10.0. The Balaban J connectivity index is 0.000000786. The zero-order valence-electron chi connectivity index (χ0n) is 22.9. The van der Waals surface area contributed by atoms with Crippen molar-refractivity contribution in [1.82, 2.24) is 0 Å². The first-order chi connectivity index (χ1) is 18.7. The lowest BCUT2D eigenvalue weighted by atomic mass is 9.91. The maximum atomic E-state index is 4.05. The van der Waals surface area contributed by atoms with E-state index in [1.807, 2.05) is 12.2 Å². The summed E-state index contributed by atoms with van der Waals surface area (Å²) in [7, 11) is 0. The molecule has 0 atom stereocenters. The first-order valence-electron chi connectivity index (χ1n) is 14.0. The third kappa shape index (κ3) is 5.65. The Hall–Kier alpha value is -3.90. The molecule has 0 aromatic heterocycles. The van der Waals surface area contributed by atoms with Crippen LogP contribution in [0.25, 0.3) is 55.2 Å². The first-order valence-corrected chi connectivity index (χ1v) is 14.0. The molecule has 5 aromatic carbocycles. The van der Waals surface area contributed by atoms with Crippen molar-refractivity contribution in [3.05, 3.63) is 122 Å². The quantitative estimate of drug-likeness (QED) is 0.102. The summed E-state index contributed by atoms with van der Waals surface area (Å²) in [5, 5.41) is 10.5. The molecule has 0 aliphatic carbocycles. The highest BCUT2D eigenvalue weighted by molar-refractivity contribution is 6.22. The smallest absolute Gasteiger partial charge is 0.00987 e. The van der Waals surface area contributed by atoms with Crippen LogP contribution in [0.15, 0.2) is 105 Å². The van der Waals surface area contributed by atoms with Crippen molar-refractivity contribution in [3.8, 4) is 0 Å². The van der Waals surface area contributed by atoms with E-state index in [1.165, 1.54) is 93.6 Å². The molecule has 0 radical (unpaired) electrons. The van der Waals surface area contributed by atoms with Crippen molar-refractivity contribution in [2.45, 2.75) is 51.9 Å². The summed E-state index contributed by atoms with van der Waals surface area (Å²) >= 11 is 0. The van der Waals surface area contributed by atoms with E-state index in [1.54, 1.807) is 12.2 Å². The molecule has 0 spiro atoms. The maximum Gasteiger partial charge on any atom is -0.00987 e. The third-order valence-corrected chi connectivity index (χ3v) is 7.56. The van der Waals surface area contributed by atoms with Crippen molar-refractivity contribution in [3.63, 3.8) is 0 Å². The topological polar surface area (TPSA) is 0 Å². The fraction of sp³-hybridized carbons (Fsp3) is 0.211. The van der Waals surface area contributed by atoms with Crippen molar-refractivity contribution in [2.75, 3.05) is 0 Å². The van der Waals surface area contributed by atoms with Crippen LogP contribution in [-0.2, 0) is 6.42 Å². The summed E-state index contributed by atoms with van der Waals surface area (Å²) in [4.78, 5) is 0. The van der Waals surface area contributed by atoms with E-state index in [0.717, 1.165) is 11.1 Å². The van der Waals surface area contributed by atoms with Crippen LogP contribution < -0.4 is 0 Å². The molecule has 0 N–H and O–H groups in total. The van der Waals surface area contributed by atoms with Crippen molar-refractivity contribution < 1.29 is 0 Å². The van der Waals surface area contributed by atoms with E-state index in [2.05, 4.69) is 100.0 Å². The monoisotopic (exact) mass is 496 g/mol. The van der Waals surface area contributed by atoms with Crippen LogP contribution in [0.1, 0.15) is 62.1 Å². The van der Waals surface area contributed by atoms with Crippen LogP contribution in [0, 0.1) is 0 Å². The van der Waals surface area contributed by atoms with Gasteiger partial charge in [-0.3, -0.25) is 0 Å². The Labute approximate surface area is 228 Å². The van der Waals surface area contributed by atoms with Gasteiger partial charge in [0.15, 0.2) is 0 Å². The maximum absolute atomic E-state index is 4.05. The fourth-order valence-electron chi connectivity index (χ4n) is 5.54. The largest absolute Gasteiger partial charge is 0.0991 e. The Bertz CT molecular complexity index is 1610. The molecule has 0 saturated carbocycles. The van der Waals surface area contributed by atoms with Crippen molar-refractivity contribution in [1.29, 1.82) is 0 Å². The van der Waals surface area contributed by atoms with E-state index >= 15 is 0 Å². The summed E-state index contributed by atoms with van der Waals surface area (Å²) in [6.45, 7) is 17.0. The van der Waals surface area contributed by atoms with Gasteiger partial charge in [-0.25, -0.2) is 0 Å². The summed E-state index contributed by atoms with van der Waals surface area (Å²) in [5.41, 5.74) is 3.75. The molecule has 0 heterocycles. The fourth-order valence-corrected chi connectivity index (χ4v) is 5.54. The molecular weight excluding hydrogens is 456 g/mol. The van der Waals surface area contributed by atoms with Gasteiger partial charge < -0.3 is 0 Å². The summed E-state index contributed by atoms with van der Waals surface area (Å²) < 4.78 is 0. The SMILES string of the molecule is C=CC=C.C=Cc1ccc2c(ccc3c2ccc2c4ccc(CCCCCCCC)cc4ccc23)c1C=C. The minimum atomic E-state index is 1.13. The van der Waals surface area contributed by atoms with Crippen LogP contribution in [0.3, 0.4) is 0 Å². The summed E-state index contributed by atoms with van der Waals surface area (Å²) in [6, 6.07) is 25.2. The van der Waals surface area contributed by atoms with Crippen LogP contribution in [0.2, 0.25) is 0 Å². The average Bonchev–Trinajstić information content (AvgIpc) is 2.97. The molecule has 5 rings (SSSR count). The predicted molar refractivity (Wildman–Crippen MR) is 174 cm³/mol. The van der Waals surface area contributed by atoms with Gasteiger partial charge in [-0.05, 0) is 72.6 Å². The number of rotatable bonds is 10. The molecule has 0 fully saturated rings. The first kappa shape index (κ1) is 27.1. The Kier molecular flexibility index (Phi) is 9.33. The van der Waals surface area contributed by atoms with E-state index in [9.17, 15) is 0 Å². The number of hydrogen-bond donors (Lipinski definition) is 0. The normalized spacial score (nSPS) is 10.9. The van der Waals surface area contributed by atoms with E-state index in [4.69, 9.17) is 0 Å². The number of unbranched alkanes of at least 4 members (excludes halogenated alkanes) is 5. The highest BCUT2D eigenvalue weighted by Crippen LogP contribution is 2.37. The van der Waals surface area contributed by atoms with Crippen LogP contribution in [-0.4, -0.2) is 0 Å². The molecular formula is C38H40. The molecule has 0 unspecified atom stereocenters.